The van der Waals surface area contributed by atoms with Crippen LogP contribution in [0.3, 0.4) is 0 Å². The first-order chi connectivity index (χ1) is 5.43. The third-order valence-electron chi connectivity index (χ3n) is 2.63. The molecule has 0 N–H and O–H groups in total. The summed E-state index contributed by atoms with van der Waals surface area (Å²) in [7, 11) is 0. The average Bonchev–Trinajstić information content (AvgIpc) is 2.50. The van der Waals surface area contributed by atoms with Gasteiger partial charge in [0.1, 0.15) is 0 Å². The van der Waals surface area contributed by atoms with Gasteiger partial charge < -0.3 is 0 Å². The predicted molar refractivity (Wildman–Crippen MR) is 46.0 cm³/mol. The Kier molecular flexibility index (Phi) is 4.04. The first-order valence-electron chi connectivity index (χ1n) is 4.80. The van der Waals surface area contributed by atoms with Gasteiger partial charge in [0.15, 0.2) is 0 Å². The summed E-state index contributed by atoms with van der Waals surface area (Å²) in [6.45, 7) is 0. The first kappa shape index (κ1) is 8.59. The van der Waals surface area contributed by atoms with Gasteiger partial charge in [0.2, 0.25) is 0 Å². The molecule has 1 heteroatoms. The third-order valence-corrected chi connectivity index (χ3v) is 2.63. The number of hydrogen-bond acceptors (Lipinski definition) is 1. The second-order valence-electron chi connectivity index (χ2n) is 3.55. The Morgan fingerprint density at radius 3 is 2.55 bits per heavy atom. The normalized spacial score (nSPS) is 18.5. The number of nitrogens with zero attached hydrogens (tertiary/aromatic N) is 1. The largest absolute Gasteiger partial charge is 0.198 e. The molecule has 0 heterocycles. The van der Waals surface area contributed by atoms with Gasteiger partial charge in [-0.2, -0.15) is 5.26 Å². The van der Waals surface area contributed by atoms with Crippen molar-refractivity contribution in [3.8, 4) is 6.07 Å². The first-order valence-corrected chi connectivity index (χ1v) is 4.80. The van der Waals surface area contributed by atoms with Crippen molar-refractivity contribution in [1.29, 1.82) is 5.26 Å². The lowest BCUT2D eigenvalue weighted by Gasteiger charge is -2.05. The quantitative estimate of drug-likeness (QED) is 0.566. The standard InChI is InChI=1S/C10H17N/c11-9-5-1-2-6-10-7-3-4-8-10/h10H,1-8H2. The van der Waals surface area contributed by atoms with E-state index in [0.717, 1.165) is 18.8 Å². The Morgan fingerprint density at radius 1 is 1.18 bits per heavy atom. The smallest absolute Gasteiger partial charge is 0.0621 e. The number of nitriles is 1. The van der Waals surface area contributed by atoms with E-state index in [1.807, 2.05) is 0 Å². The molecule has 1 nitrogen and oxygen atoms in total. The van der Waals surface area contributed by atoms with Crippen molar-refractivity contribution < 1.29 is 0 Å². The van der Waals surface area contributed by atoms with Gasteiger partial charge in [0.25, 0.3) is 0 Å². The molecule has 1 aliphatic carbocycles. The van der Waals surface area contributed by atoms with E-state index in [4.69, 9.17) is 5.26 Å². The summed E-state index contributed by atoms with van der Waals surface area (Å²) < 4.78 is 0. The molecular formula is C10H17N. The van der Waals surface area contributed by atoms with E-state index in [1.54, 1.807) is 0 Å². The predicted octanol–water partition coefficient (Wildman–Crippen LogP) is 3.26. The molecule has 0 bridgehead atoms. The zero-order valence-electron chi connectivity index (χ0n) is 7.18. The van der Waals surface area contributed by atoms with Gasteiger partial charge in [-0.3, -0.25) is 0 Å². The lowest BCUT2D eigenvalue weighted by molar-refractivity contribution is 0.475. The fourth-order valence-corrected chi connectivity index (χ4v) is 1.94. The van der Waals surface area contributed by atoms with Crippen molar-refractivity contribution in [2.75, 3.05) is 0 Å². The molecule has 1 fully saturated rings. The van der Waals surface area contributed by atoms with E-state index in [9.17, 15) is 0 Å². The van der Waals surface area contributed by atoms with Crippen LogP contribution in [0.4, 0.5) is 0 Å². The zero-order valence-corrected chi connectivity index (χ0v) is 7.18. The highest BCUT2D eigenvalue weighted by molar-refractivity contribution is 4.71. The van der Waals surface area contributed by atoms with Gasteiger partial charge in [-0.25, -0.2) is 0 Å². The molecule has 0 amide bonds. The molecule has 0 saturated heterocycles. The summed E-state index contributed by atoms with van der Waals surface area (Å²) in [5, 5.41) is 8.31. The Labute approximate surface area is 69.4 Å². The van der Waals surface area contributed by atoms with E-state index in [0.29, 0.717) is 0 Å². The highest BCUT2D eigenvalue weighted by Crippen LogP contribution is 2.28. The summed E-state index contributed by atoms with van der Waals surface area (Å²) in [5.74, 6) is 1.01. The second-order valence-corrected chi connectivity index (χ2v) is 3.55. The molecule has 0 spiro atoms. The van der Waals surface area contributed by atoms with E-state index >= 15 is 0 Å². The van der Waals surface area contributed by atoms with Crippen LogP contribution in [0.15, 0.2) is 0 Å². The molecule has 0 aromatic carbocycles. The average molecular weight is 151 g/mol. The van der Waals surface area contributed by atoms with E-state index in [2.05, 4.69) is 6.07 Å². The minimum atomic E-state index is 0.757. The van der Waals surface area contributed by atoms with Crippen LogP contribution in [0.1, 0.15) is 51.4 Å². The van der Waals surface area contributed by atoms with Gasteiger partial charge in [0, 0.05) is 6.42 Å². The highest BCUT2D eigenvalue weighted by atomic mass is 14.2. The van der Waals surface area contributed by atoms with Gasteiger partial charge in [-0.1, -0.05) is 38.5 Å². The Balaban J connectivity index is 1.90. The summed E-state index contributed by atoms with van der Waals surface area (Å²) in [5.41, 5.74) is 0. The minimum absolute atomic E-state index is 0.757. The molecule has 0 unspecified atom stereocenters. The Hall–Kier alpha value is -0.510. The molecule has 1 saturated carbocycles. The van der Waals surface area contributed by atoms with Crippen LogP contribution in [0, 0.1) is 17.2 Å². The SMILES string of the molecule is N#CCCCCC1CCCC1. The zero-order chi connectivity index (χ0) is 7.94. The topological polar surface area (TPSA) is 23.8 Å². The second kappa shape index (κ2) is 5.18. The van der Waals surface area contributed by atoms with Gasteiger partial charge >= 0.3 is 0 Å². The molecule has 1 rings (SSSR count). The van der Waals surface area contributed by atoms with Gasteiger partial charge in [-0.05, 0) is 12.3 Å². The maximum Gasteiger partial charge on any atom is 0.0621 e. The van der Waals surface area contributed by atoms with E-state index < -0.39 is 0 Å². The van der Waals surface area contributed by atoms with Gasteiger partial charge in [-0.15, -0.1) is 0 Å². The fourth-order valence-electron chi connectivity index (χ4n) is 1.94. The molecule has 0 aromatic rings. The number of rotatable bonds is 4. The van der Waals surface area contributed by atoms with Crippen LogP contribution in [0.2, 0.25) is 0 Å². The number of unbranched alkanes of at least 4 members (excludes halogenated alkanes) is 2. The van der Waals surface area contributed by atoms with Crippen LogP contribution in [0.25, 0.3) is 0 Å². The molecular weight excluding hydrogens is 134 g/mol. The molecule has 0 aromatic heterocycles. The van der Waals surface area contributed by atoms with Crippen LogP contribution < -0.4 is 0 Å². The van der Waals surface area contributed by atoms with E-state index in [-0.39, 0.29) is 0 Å². The maximum atomic E-state index is 8.31. The molecule has 0 atom stereocenters. The number of hydrogen-bond donors (Lipinski definition) is 0. The summed E-state index contributed by atoms with van der Waals surface area (Å²) >= 11 is 0. The molecule has 0 aliphatic heterocycles. The summed E-state index contributed by atoms with van der Waals surface area (Å²) in [6, 6.07) is 2.19. The fraction of sp³-hybridized carbons (Fsp3) is 0.900. The van der Waals surface area contributed by atoms with Crippen LogP contribution in [-0.2, 0) is 0 Å². The molecule has 62 valence electrons. The summed E-state index contributed by atoms with van der Waals surface area (Å²) in [4.78, 5) is 0. The van der Waals surface area contributed by atoms with Crippen molar-refractivity contribution in [2.45, 2.75) is 51.4 Å². The van der Waals surface area contributed by atoms with E-state index in [1.165, 1.54) is 38.5 Å². The van der Waals surface area contributed by atoms with Crippen molar-refractivity contribution in [1.82, 2.24) is 0 Å². The Bertz CT molecular complexity index is 128. The molecule has 0 radical (unpaired) electrons. The lowest BCUT2D eigenvalue weighted by Crippen LogP contribution is -1.91. The van der Waals surface area contributed by atoms with Crippen molar-refractivity contribution in [3.63, 3.8) is 0 Å². The molecule has 11 heavy (non-hydrogen) atoms. The van der Waals surface area contributed by atoms with Crippen molar-refractivity contribution in [2.24, 2.45) is 5.92 Å². The van der Waals surface area contributed by atoms with Crippen LogP contribution >= 0.6 is 0 Å². The minimum Gasteiger partial charge on any atom is -0.198 e. The monoisotopic (exact) mass is 151 g/mol. The summed E-state index contributed by atoms with van der Waals surface area (Å²) in [6.07, 6.45) is 10.3. The van der Waals surface area contributed by atoms with Gasteiger partial charge in [0.05, 0.1) is 6.07 Å². The molecule has 1 aliphatic rings. The third kappa shape index (κ3) is 3.41. The maximum absolute atomic E-state index is 8.31. The Morgan fingerprint density at radius 2 is 1.91 bits per heavy atom. The highest BCUT2D eigenvalue weighted by Gasteiger charge is 2.13. The van der Waals surface area contributed by atoms with Crippen LogP contribution in [0.5, 0.6) is 0 Å². The van der Waals surface area contributed by atoms with Crippen molar-refractivity contribution >= 4 is 0 Å². The van der Waals surface area contributed by atoms with Crippen LogP contribution in [-0.4, -0.2) is 0 Å². The van der Waals surface area contributed by atoms with Crippen molar-refractivity contribution in [3.05, 3.63) is 0 Å². The lowest BCUT2D eigenvalue weighted by atomic mass is 10.0.